The van der Waals surface area contributed by atoms with Crippen molar-refractivity contribution < 1.29 is 17.6 Å². The number of benzene rings is 2. The largest absolute Gasteiger partial charge is 0.332 e. The number of carbonyl (C=O) groups excluding carboxylic acids is 1. The van der Waals surface area contributed by atoms with Crippen molar-refractivity contribution in [1.82, 2.24) is 14.2 Å². The molecular weight excluding hydrogens is 509 g/mol. The highest BCUT2D eigenvalue weighted by molar-refractivity contribution is 7.89. The molecule has 194 valence electrons. The van der Waals surface area contributed by atoms with Crippen molar-refractivity contribution >= 4 is 38.2 Å². The summed E-state index contributed by atoms with van der Waals surface area (Å²) >= 11 is 1.55. The van der Waals surface area contributed by atoms with Gasteiger partial charge in [-0.25, -0.2) is 12.8 Å². The molecule has 2 aromatic heterocycles. The maximum Gasteiger partial charge on any atom is 0.245 e. The Bertz CT molecular complexity index is 1480. The number of aryl methyl sites for hydroxylation is 1. The Morgan fingerprint density at radius 2 is 1.78 bits per heavy atom. The third kappa shape index (κ3) is 6.06. The summed E-state index contributed by atoms with van der Waals surface area (Å²) in [6.07, 6.45) is 2.10. The molecular formula is C28H30FN3O3S2. The minimum Gasteiger partial charge on any atom is -0.332 e. The van der Waals surface area contributed by atoms with Crippen LogP contribution in [0.2, 0.25) is 0 Å². The topological polar surface area (TPSA) is 70.6 Å². The van der Waals surface area contributed by atoms with E-state index in [-0.39, 0.29) is 29.7 Å². The van der Waals surface area contributed by atoms with E-state index in [2.05, 4.69) is 4.98 Å². The fourth-order valence-electron chi connectivity index (χ4n) is 4.11. The monoisotopic (exact) mass is 539 g/mol. The summed E-state index contributed by atoms with van der Waals surface area (Å²) in [4.78, 5) is 20.8. The molecule has 0 radical (unpaired) electrons. The lowest BCUT2D eigenvalue weighted by molar-refractivity contribution is -0.133. The van der Waals surface area contributed by atoms with E-state index in [4.69, 9.17) is 0 Å². The number of halogens is 1. The van der Waals surface area contributed by atoms with Gasteiger partial charge in [0.1, 0.15) is 10.7 Å². The number of fused-ring (bicyclic) bond motifs is 1. The third-order valence-electron chi connectivity index (χ3n) is 6.50. The van der Waals surface area contributed by atoms with E-state index < -0.39 is 16.1 Å². The van der Waals surface area contributed by atoms with Gasteiger partial charge in [-0.05, 0) is 67.1 Å². The maximum absolute atomic E-state index is 13.9. The van der Waals surface area contributed by atoms with Crippen LogP contribution in [-0.2, 0) is 27.9 Å². The molecule has 1 amide bonds. The normalized spacial score (nSPS) is 12.7. The third-order valence-corrected chi connectivity index (χ3v) is 9.50. The second kappa shape index (κ2) is 11.5. The Labute approximate surface area is 221 Å². The van der Waals surface area contributed by atoms with Crippen LogP contribution in [0.3, 0.4) is 0 Å². The van der Waals surface area contributed by atoms with E-state index in [1.165, 1.54) is 22.5 Å². The fraction of sp³-hybridized carbons (Fsp3) is 0.286. The highest BCUT2D eigenvalue weighted by Gasteiger charge is 2.33. The van der Waals surface area contributed by atoms with Crippen LogP contribution in [0.15, 0.2) is 77.1 Å². The molecule has 0 aliphatic carbocycles. The molecule has 0 spiro atoms. The highest BCUT2D eigenvalue weighted by Crippen LogP contribution is 2.27. The van der Waals surface area contributed by atoms with Crippen molar-refractivity contribution in [1.29, 1.82) is 0 Å². The van der Waals surface area contributed by atoms with Crippen molar-refractivity contribution in [3.8, 4) is 0 Å². The van der Waals surface area contributed by atoms with Crippen LogP contribution in [-0.4, -0.2) is 41.1 Å². The Hall–Kier alpha value is -3.14. The lowest BCUT2D eigenvalue weighted by Crippen LogP contribution is -2.46. The van der Waals surface area contributed by atoms with Crippen LogP contribution >= 0.6 is 11.3 Å². The van der Waals surface area contributed by atoms with Gasteiger partial charge in [-0.2, -0.15) is 4.31 Å². The summed E-state index contributed by atoms with van der Waals surface area (Å²) in [5.41, 5.74) is 2.21. The molecule has 4 aromatic rings. The number of thiophene rings is 1. The number of aromatic nitrogens is 1. The first kappa shape index (κ1) is 26.9. The number of sulfonamides is 1. The first-order valence-corrected chi connectivity index (χ1v) is 14.4. The molecule has 0 fully saturated rings. The van der Waals surface area contributed by atoms with E-state index in [0.717, 1.165) is 16.0 Å². The SMILES string of the molecule is CC[C@@H](C)N(CC(=O)N(Cc1ccc(F)cc1)Cc1sccc1C)S(=O)(=O)c1cccc2cccnc12. The second-order valence-corrected chi connectivity index (χ2v) is 11.9. The van der Waals surface area contributed by atoms with E-state index in [9.17, 15) is 17.6 Å². The van der Waals surface area contributed by atoms with E-state index >= 15 is 0 Å². The van der Waals surface area contributed by atoms with Gasteiger partial charge < -0.3 is 4.90 Å². The summed E-state index contributed by atoms with van der Waals surface area (Å²) in [6, 6.07) is 16.2. The average molecular weight is 540 g/mol. The first-order valence-electron chi connectivity index (χ1n) is 12.1. The molecule has 6 nitrogen and oxygen atoms in total. The number of para-hydroxylation sites is 1. The van der Waals surface area contributed by atoms with Gasteiger partial charge in [0.05, 0.1) is 18.6 Å². The van der Waals surface area contributed by atoms with Crippen LogP contribution < -0.4 is 0 Å². The van der Waals surface area contributed by atoms with Crippen LogP contribution in [0, 0.1) is 12.7 Å². The molecule has 4 rings (SSSR count). The van der Waals surface area contributed by atoms with Gasteiger partial charge in [0.25, 0.3) is 0 Å². The Kier molecular flexibility index (Phi) is 8.36. The van der Waals surface area contributed by atoms with Crippen molar-refractivity contribution in [3.63, 3.8) is 0 Å². The van der Waals surface area contributed by atoms with E-state index in [1.807, 2.05) is 37.4 Å². The molecule has 37 heavy (non-hydrogen) atoms. The van der Waals surface area contributed by atoms with Crippen LogP contribution in [0.25, 0.3) is 10.9 Å². The van der Waals surface area contributed by atoms with Crippen LogP contribution in [0.1, 0.15) is 36.3 Å². The van der Waals surface area contributed by atoms with E-state index in [1.54, 1.807) is 53.6 Å². The van der Waals surface area contributed by atoms with Gasteiger partial charge in [-0.15, -0.1) is 11.3 Å². The second-order valence-electron chi connectivity index (χ2n) is 9.04. The predicted molar refractivity (Wildman–Crippen MR) is 145 cm³/mol. The maximum atomic E-state index is 13.9. The Balaban J connectivity index is 1.68. The minimum absolute atomic E-state index is 0.0814. The van der Waals surface area contributed by atoms with Crippen molar-refractivity contribution in [2.75, 3.05) is 6.54 Å². The molecule has 0 saturated heterocycles. The van der Waals surface area contributed by atoms with Gasteiger partial charge in [0.2, 0.25) is 15.9 Å². The van der Waals surface area contributed by atoms with E-state index in [0.29, 0.717) is 23.9 Å². The number of rotatable bonds is 10. The molecule has 1 atom stereocenters. The molecule has 0 aliphatic heterocycles. The van der Waals surface area contributed by atoms with Gasteiger partial charge in [0.15, 0.2) is 0 Å². The predicted octanol–water partition coefficient (Wildman–Crippen LogP) is 5.76. The molecule has 0 bridgehead atoms. The van der Waals surface area contributed by atoms with Gasteiger partial charge in [-0.3, -0.25) is 9.78 Å². The van der Waals surface area contributed by atoms with Crippen molar-refractivity contribution in [3.05, 3.63) is 94.1 Å². The molecule has 0 aliphatic rings. The molecule has 2 heterocycles. The number of hydrogen-bond acceptors (Lipinski definition) is 5. The lowest BCUT2D eigenvalue weighted by Gasteiger charge is -2.30. The van der Waals surface area contributed by atoms with Crippen molar-refractivity contribution in [2.45, 2.75) is 51.2 Å². The first-order chi connectivity index (χ1) is 17.7. The summed E-state index contributed by atoms with van der Waals surface area (Å²) in [7, 11) is -4.04. The summed E-state index contributed by atoms with van der Waals surface area (Å²) in [5, 5.41) is 2.68. The molecule has 0 N–H and O–H groups in total. The zero-order valence-corrected chi connectivity index (χ0v) is 22.7. The summed E-state index contributed by atoms with van der Waals surface area (Å²) in [5.74, 6) is -0.678. The smallest absolute Gasteiger partial charge is 0.245 e. The molecule has 0 saturated carbocycles. The quantitative estimate of drug-likeness (QED) is 0.257. The molecule has 0 unspecified atom stereocenters. The number of carbonyl (C=O) groups is 1. The average Bonchev–Trinajstić information content (AvgIpc) is 3.31. The summed E-state index contributed by atoms with van der Waals surface area (Å²) < 4.78 is 42.7. The molecule has 2 aromatic carbocycles. The van der Waals surface area contributed by atoms with Gasteiger partial charge in [0, 0.05) is 29.0 Å². The van der Waals surface area contributed by atoms with Crippen molar-refractivity contribution in [2.24, 2.45) is 0 Å². The number of amides is 1. The number of hydrogen-bond donors (Lipinski definition) is 0. The Morgan fingerprint density at radius 3 is 2.46 bits per heavy atom. The zero-order valence-electron chi connectivity index (χ0n) is 21.1. The lowest BCUT2D eigenvalue weighted by atomic mass is 10.2. The Morgan fingerprint density at radius 1 is 1.05 bits per heavy atom. The summed E-state index contributed by atoms with van der Waals surface area (Å²) in [6.45, 7) is 5.94. The van der Waals surface area contributed by atoms with Crippen LogP contribution in [0.4, 0.5) is 4.39 Å². The van der Waals surface area contributed by atoms with Gasteiger partial charge >= 0.3 is 0 Å². The standard InChI is InChI=1S/C28H30FN3O3S2/c1-4-21(3)32(37(34,35)26-9-5-7-23-8-6-15-30-28(23)26)19-27(33)31(18-25-20(2)14-16-36-25)17-22-10-12-24(29)13-11-22/h5-16,21H,4,17-19H2,1-3H3/t21-/m1/s1. The fourth-order valence-corrected chi connectivity index (χ4v) is 6.85. The molecule has 9 heteroatoms. The zero-order chi connectivity index (χ0) is 26.6. The number of pyridine rings is 1. The van der Waals surface area contributed by atoms with Gasteiger partial charge in [-0.1, -0.05) is 37.3 Å². The van der Waals surface area contributed by atoms with Crippen LogP contribution in [0.5, 0.6) is 0 Å². The number of nitrogens with zero attached hydrogens (tertiary/aromatic N) is 3. The highest BCUT2D eigenvalue weighted by atomic mass is 32.2. The minimum atomic E-state index is -4.04.